The average Bonchev–Trinajstić information content (AvgIpc) is 2.81. The summed E-state index contributed by atoms with van der Waals surface area (Å²) in [6, 6.07) is 7.34. The molecule has 3 nitrogen and oxygen atoms in total. The van der Waals surface area contributed by atoms with E-state index < -0.39 is 0 Å². The molecule has 0 radical (unpaired) electrons. The number of halogens is 1. The van der Waals surface area contributed by atoms with Gasteiger partial charge in [-0.25, -0.2) is 0 Å². The second kappa shape index (κ2) is 5.92. The van der Waals surface area contributed by atoms with Gasteiger partial charge in [-0.2, -0.15) is 0 Å². The Balaban J connectivity index is 1.73. The molecule has 1 fully saturated rings. The molecule has 0 unspecified atom stereocenters. The van der Waals surface area contributed by atoms with Crippen LogP contribution in [0, 0.1) is 0 Å². The maximum absolute atomic E-state index is 11.6. The molecule has 1 N–H and O–H groups in total. The van der Waals surface area contributed by atoms with Gasteiger partial charge < -0.3 is 10.1 Å². The van der Waals surface area contributed by atoms with Gasteiger partial charge in [0.2, 0.25) is 0 Å². The van der Waals surface area contributed by atoms with Gasteiger partial charge in [0.15, 0.2) is 6.61 Å². The summed E-state index contributed by atoms with van der Waals surface area (Å²) in [5.74, 6) is 0.614. The number of hydrogen-bond donors (Lipinski definition) is 1. The first kappa shape index (κ1) is 12.2. The van der Waals surface area contributed by atoms with E-state index in [1.807, 2.05) is 0 Å². The molecule has 17 heavy (non-hydrogen) atoms. The zero-order valence-electron chi connectivity index (χ0n) is 9.62. The monoisotopic (exact) mass is 253 g/mol. The number of carbonyl (C=O) groups is 1. The molecular formula is C13H16ClNO2. The summed E-state index contributed by atoms with van der Waals surface area (Å²) in [7, 11) is 0. The normalized spacial score (nSPS) is 15.8. The lowest BCUT2D eigenvalue weighted by atomic mass is 10.2. The minimum atomic E-state index is -0.0492. The third kappa shape index (κ3) is 3.93. The van der Waals surface area contributed by atoms with Crippen LogP contribution in [0.25, 0.3) is 0 Å². The summed E-state index contributed by atoms with van der Waals surface area (Å²) in [6.45, 7) is 0.0676. The van der Waals surface area contributed by atoms with E-state index in [0.29, 0.717) is 16.8 Å². The lowest BCUT2D eigenvalue weighted by molar-refractivity contribution is -0.123. The lowest BCUT2D eigenvalue weighted by Gasteiger charge is -2.12. The fourth-order valence-corrected chi connectivity index (χ4v) is 2.15. The van der Waals surface area contributed by atoms with Gasteiger partial charge in [0.05, 0.1) is 0 Å². The van der Waals surface area contributed by atoms with Crippen LogP contribution in [0.4, 0.5) is 0 Å². The molecule has 1 aromatic carbocycles. The Morgan fingerprint density at radius 1 is 1.29 bits per heavy atom. The van der Waals surface area contributed by atoms with Crippen molar-refractivity contribution >= 4 is 17.5 Å². The molecule has 0 spiro atoms. The smallest absolute Gasteiger partial charge is 0.258 e. The van der Waals surface area contributed by atoms with E-state index in [4.69, 9.17) is 16.3 Å². The van der Waals surface area contributed by atoms with Crippen molar-refractivity contribution in [1.29, 1.82) is 0 Å². The van der Waals surface area contributed by atoms with Crippen LogP contribution in [-0.4, -0.2) is 18.6 Å². The molecule has 0 heterocycles. The predicted octanol–water partition coefficient (Wildman–Crippen LogP) is 2.78. The number of benzene rings is 1. The summed E-state index contributed by atoms with van der Waals surface area (Å²) in [5, 5.41) is 3.63. The van der Waals surface area contributed by atoms with Gasteiger partial charge >= 0.3 is 0 Å². The largest absolute Gasteiger partial charge is 0.484 e. The molecular weight excluding hydrogens is 238 g/mol. The second-order valence-electron chi connectivity index (χ2n) is 4.29. The minimum Gasteiger partial charge on any atom is -0.484 e. The van der Waals surface area contributed by atoms with E-state index in [0.717, 1.165) is 12.8 Å². The lowest BCUT2D eigenvalue weighted by Crippen LogP contribution is -2.36. The zero-order chi connectivity index (χ0) is 12.1. The predicted molar refractivity (Wildman–Crippen MR) is 67.3 cm³/mol. The molecule has 0 aromatic heterocycles. The molecule has 1 aliphatic rings. The zero-order valence-corrected chi connectivity index (χ0v) is 10.4. The quantitative estimate of drug-likeness (QED) is 0.896. The summed E-state index contributed by atoms with van der Waals surface area (Å²) < 4.78 is 5.36. The number of carbonyl (C=O) groups excluding carboxylic acids is 1. The molecule has 1 aromatic rings. The van der Waals surface area contributed by atoms with Crippen LogP contribution in [0.3, 0.4) is 0 Å². The summed E-state index contributed by atoms with van der Waals surface area (Å²) >= 11 is 5.75. The van der Waals surface area contributed by atoms with E-state index in [1.165, 1.54) is 12.8 Å². The molecule has 1 aliphatic carbocycles. The van der Waals surface area contributed by atoms with Crippen LogP contribution < -0.4 is 10.1 Å². The van der Waals surface area contributed by atoms with Gasteiger partial charge in [0, 0.05) is 11.1 Å². The summed E-state index contributed by atoms with van der Waals surface area (Å²) in [4.78, 5) is 11.6. The van der Waals surface area contributed by atoms with Gasteiger partial charge in [0.25, 0.3) is 5.91 Å². The topological polar surface area (TPSA) is 38.3 Å². The molecule has 0 atom stereocenters. The summed E-state index contributed by atoms with van der Waals surface area (Å²) in [5.41, 5.74) is 0. The number of hydrogen-bond acceptors (Lipinski definition) is 2. The Morgan fingerprint density at radius 2 is 1.94 bits per heavy atom. The number of ether oxygens (including phenoxy) is 1. The molecule has 1 saturated carbocycles. The van der Waals surface area contributed by atoms with Crippen LogP contribution in [0.2, 0.25) is 5.02 Å². The van der Waals surface area contributed by atoms with Crippen molar-refractivity contribution in [2.45, 2.75) is 31.7 Å². The molecule has 1 amide bonds. The highest BCUT2D eigenvalue weighted by Gasteiger charge is 2.16. The fraction of sp³-hybridized carbons (Fsp3) is 0.462. The van der Waals surface area contributed by atoms with Crippen molar-refractivity contribution in [2.75, 3.05) is 6.61 Å². The van der Waals surface area contributed by atoms with Crippen molar-refractivity contribution in [2.24, 2.45) is 0 Å². The standard InChI is InChI=1S/C13H16ClNO2/c14-10-5-7-12(8-6-10)17-9-13(16)15-11-3-1-2-4-11/h5-8,11H,1-4,9H2,(H,15,16). The number of rotatable bonds is 4. The minimum absolute atomic E-state index is 0.0492. The van der Waals surface area contributed by atoms with Gasteiger partial charge in [-0.1, -0.05) is 24.4 Å². The Bertz CT molecular complexity index is 372. The summed E-state index contributed by atoms with van der Waals surface area (Å²) in [6.07, 6.45) is 4.60. The van der Waals surface area contributed by atoms with Crippen LogP contribution in [0.1, 0.15) is 25.7 Å². The van der Waals surface area contributed by atoms with Crippen LogP contribution in [0.5, 0.6) is 5.75 Å². The first-order valence-electron chi connectivity index (χ1n) is 5.92. The van der Waals surface area contributed by atoms with Gasteiger partial charge in [0.1, 0.15) is 5.75 Å². The Morgan fingerprint density at radius 3 is 2.59 bits per heavy atom. The van der Waals surface area contributed by atoms with Crippen molar-refractivity contribution in [1.82, 2.24) is 5.32 Å². The highest BCUT2D eigenvalue weighted by Crippen LogP contribution is 2.18. The van der Waals surface area contributed by atoms with Gasteiger partial charge in [-0.15, -0.1) is 0 Å². The van der Waals surface area contributed by atoms with Crippen molar-refractivity contribution in [3.63, 3.8) is 0 Å². The Labute approximate surface area is 106 Å². The van der Waals surface area contributed by atoms with E-state index in [2.05, 4.69) is 5.32 Å². The van der Waals surface area contributed by atoms with Crippen LogP contribution in [-0.2, 0) is 4.79 Å². The van der Waals surface area contributed by atoms with Crippen molar-refractivity contribution < 1.29 is 9.53 Å². The number of nitrogens with one attached hydrogen (secondary N) is 1. The maximum Gasteiger partial charge on any atom is 0.258 e. The SMILES string of the molecule is O=C(COc1ccc(Cl)cc1)NC1CCCC1. The first-order chi connectivity index (χ1) is 8.24. The fourth-order valence-electron chi connectivity index (χ4n) is 2.02. The molecule has 4 heteroatoms. The third-order valence-corrected chi connectivity index (χ3v) is 3.16. The van der Waals surface area contributed by atoms with Gasteiger partial charge in [-0.3, -0.25) is 4.79 Å². The van der Waals surface area contributed by atoms with Gasteiger partial charge in [-0.05, 0) is 37.1 Å². The van der Waals surface area contributed by atoms with Crippen LogP contribution in [0.15, 0.2) is 24.3 Å². The highest BCUT2D eigenvalue weighted by atomic mass is 35.5. The van der Waals surface area contributed by atoms with E-state index in [-0.39, 0.29) is 12.5 Å². The van der Waals surface area contributed by atoms with Crippen molar-refractivity contribution in [3.05, 3.63) is 29.3 Å². The van der Waals surface area contributed by atoms with Crippen LogP contribution >= 0.6 is 11.6 Å². The molecule has 0 aliphatic heterocycles. The van der Waals surface area contributed by atoms with E-state index in [9.17, 15) is 4.79 Å². The highest BCUT2D eigenvalue weighted by molar-refractivity contribution is 6.30. The third-order valence-electron chi connectivity index (χ3n) is 2.90. The Hall–Kier alpha value is -1.22. The first-order valence-corrected chi connectivity index (χ1v) is 6.29. The molecule has 0 saturated heterocycles. The molecule has 2 rings (SSSR count). The number of amides is 1. The van der Waals surface area contributed by atoms with E-state index in [1.54, 1.807) is 24.3 Å². The Kier molecular flexibility index (Phi) is 4.26. The van der Waals surface area contributed by atoms with E-state index >= 15 is 0 Å². The molecule has 0 bridgehead atoms. The van der Waals surface area contributed by atoms with Crippen molar-refractivity contribution in [3.8, 4) is 5.75 Å². The molecule has 92 valence electrons. The average molecular weight is 254 g/mol. The second-order valence-corrected chi connectivity index (χ2v) is 4.73. The maximum atomic E-state index is 11.6.